The Morgan fingerprint density at radius 3 is 2.80 bits per heavy atom. The van der Waals surface area contributed by atoms with Gasteiger partial charge in [-0.05, 0) is 30.4 Å². The first-order chi connectivity index (χ1) is 7.24. The summed E-state index contributed by atoms with van der Waals surface area (Å²) in [7, 11) is 0. The molecule has 0 spiro atoms. The Labute approximate surface area is 93.4 Å². The first kappa shape index (κ1) is 11.8. The SMILES string of the molecule is C=C(/C=C\C(=C)C1=CC=CCC1)CCC. The summed E-state index contributed by atoms with van der Waals surface area (Å²) in [5, 5.41) is 0. The summed E-state index contributed by atoms with van der Waals surface area (Å²) in [4.78, 5) is 0. The van der Waals surface area contributed by atoms with Crippen LogP contribution >= 0.6 is 0 Å². The van der Waals surface area contributed by atoms with Crippen LogP contribution in [0.3, 0.4) is 0 Å². The minimum atomic E-state index is 1.07. The Hall–Kier alpha value is -1.30. The molecule has 80 valence electrons. The molecule has 0 saturated carbocycles. The van der Waals surface area contributed by atoms with E-state index in [9.17, 15) is 0 Å². The topological polar surface area (TPSA) is 0 Å². The zero-order valence-electron chi connectivity index (χ0n) is 9.63. The van der Waals surface area contributed by atoms with Crippen molar-refractivity contribution in [3.05, 3.63) is 60.3 Å². The largest absolute Gasteiger partial charge is 0.0958 e. The number of allylic oxidation sites excluding steroid dienone is 8. The maximum Gasteiger partial charge on any atom is -0.0238 e. The number of rotatable bonds is 5. The second-order valence-electron chi connectivity index (χ2n) is 3.93. The van der Waals surface area contributed by atoms with Crippen molar-refractivity contribution in [2.24, 2.45) is 0 Å². The van der Waals surface area contributed by atoms with E-state index in [0.717, 1.165) is 31.3 Å². The normalized spacial score (nSPS) is 15.4. The van der Waals surface area contributed by atoms with E-state index in [-0.39, 0.29) is 0 Å². The summed E-state index contributed by atoms with van der Waals surface area (Å²) in [6, 6.07) is 0. The smallest absolute Gasteiger partial charge is 0.0238 e. The van der Waals surface area contributed by atoms with Crippen LogP contribution in [0.25, 0.3) is 0 Å². The third-order valence-corrected chi connectivity index (χ3v) is 2.52. The fraction of sp³-hybridized carbons (Fsp3) is 0.333. The average Bonchev–Trinajstić information content (AvgIpc) is 2.27. The summed E-state index contributed by atoms with van der Waals surface area (Å²) in [5.74, 6) is 0. The fourth-order valence-corrected chi connectivity index (χ4v) is 1.60. The summed E-state index contributed by atoms with van der Waals surface area (Å²) >= 11 is 0. The van der Waals surface area contributed by atoms with E-state index in [0.29, 0.717) is 0 Å². The Morgan fingerprint density at radius 1 is 1.40 bits per heavy atom. The van der Waals surface area contributed by atoms with E-state index in [1.165, 1.54) is 11.1 Å². The first-order valence-corrected chi connectivity index (χ1v) is 5.65. The summed E-state index contributed by atoms with van der Waals surface area (Å²) in [5.41, 5.74) is 3.65. The zero-order chi connectivity index (χ0) is 11.1. The number of hydrogen-bond acceptors (Lipinski definition) is 0. The van der Waals surface area contributed by atoms with Gasteiger partial charge in [0, 0.05) is 0 Å². The molecule has 1 rings (SSSR count). The predicted octanol–water partition coefficient (Wildman–Crippen LogP) is 4.73. The Bertz CT molecular complexity index is 324. The summed E-state index contributed by atoms with van der Waals surface area (Å²) in [6.07, 6.45) is 15.1. The molecule has 0 bridgehead atoms. The van der Waals surface area contributed by atoms with Crippen LogP contribution in [0, 0.1) is 0 Å². The third-order valence-electron chi connectivity index (χ3n) is 2.52. The molecule has 1 aliphatic carbocycles. The van der Waals surface area contributed by atoms with Gasteiger partial charge in [0.15, 0.2) is 0 Å². The summed E-state index contributed by atoms with van der Waals surface area (Å²) < 4.78 is 0. The minimum Gasteiger partial charge on any atom is -0.0958 e. The van der Waals surface area contributed by atoms with Gasteiger partial charge in [-0.2, -0.15) is 0 Å². The molecule has 0 radical (unpaired) electrons. The lowest BCUT2D eigenvalue weighted by atomic mass is 9.97. The molecule has 0 aliphatic heterocycles. The molecule has 1 aliphatic rings. The van der Waals surface area contributed by atoms with Crippen LogP contribution in [0.1, 0.15) is 32.6 Å². The molecule has 0 N–H and O–H groups in total. The second kappa shape index (κ2) is 6.23. The van der Waals surface area contributed by atoms with Crippen molar-refractivity contribution in [1.29, 1.82) is 0 Å². The highest BCUT2D eigenvalue weighted by molar-refractivity contribution is 5.42. The molecule has 15 heavy (non-hydrogen) atoms. The lowest BCUT2D eigenvalue weighted by Crippen LogP contribution is -1.89. The third kappa shape index (κ3) is 4.16. The Morgan fingerprint density at radius 2 is 2.20 bits per heavy atom. The Kier molecular flexibility index (Phi) is 4.89. The Balaban J connectivity index is 2.51. The molecule has 0 heterocycles. The van der Waals surface area contributed by atoms with E-state index in [2.05, 4.69) is 50.5 Å². The van der Waals surface area contributed by atoms with Crippen molar-refractivity contribution in [3.8, 4) is 0 Å². The van der Waals surface area contributed by atoms with Crippen LogP contribution in [-0.2, 0) is 0 Å². The van der Waals surface area contributed by atoms with E-state index in [4.69, 9.17) is 0 Å². The number of hydrogen-bond donors (Lipinski definition) is 0. The van der Waals surface area contributed by atoms with Crippen LogP contribution in [0.2, 0.25) is 0 Å². The van der Waals surface area contributed by atoms with Crippen LogP contribution in [0.15, 0.2) is 60.3 Å². The van der Waals surface area contributed by atoms with Crippen molar-refractivity contribution in [2.75, 3.05) is 0 Å². The average molecular weight is 200 g/mol. The lowest BCUT2D eigenvalue weighted by molar-refractivity contribution is 0.929. The van der Waals surface area contributed by atoms with E-state index in [1.54, 1.807) is 0 Å². The van der Waals surface area contributed by atoms with E-state index in [1.807, 2.05) is 0 Å². The minimum absolute atomic E-state index is 1.07. The van der Waals surface area contributed by atoms with Gasteiger partial charge in [-0.1, -0.05) is 62.5 Å². The quantitative estimate of drug-likeness (QED) is 0.563. The molecule has 0 aromatic carbocycles. The van der Waals surface area contributed by atoms with Crippen molar-refractivity contribution in [2.45, 2.75) is 32.6 Å². The predicted molar refractivity (Wildman–Crippen MR) is 68.8 cm³/mol. The van der Waals surface area contributed by atoms with Gasteiger partial charge in [0.2, 0.25) is 0 Å². The van der Waals surface area contributed by atoms with Gasteiger partial charge in [0.25, 0.3) is 0 Å². The first-order valence-electron chi connectivity index (χ1n) is 5.65. The second-order valence-corrected chi connectivity index (χ2v) is 3.93. The van der Waals surface area contributed by atoms with E-state index < -0.39 is 0 Å². The molecule has 0 aromatic heterocycles. The molecular weight excluding hydrogens is 180 g/mol. The maximum absolute atomic E-state index is 4.08. The molecule has 0 atom stereocenters. The van der Waals surface area contributed by atoms with Gasteiger partial charge in [-0.3, -0.25) is 0 Å². The molecule has 0 amide bonds. The molecule has 0 saturated heterocycles. The van der Waals surface area contributed by atoms with E-state index >= 15 is 0 Å². The molecule has 0 aromatic rings. The zero-order valence-corrected chi connectivity index (χ0v) is 9.63. The maximum atomic E-state index is 4.08. The molecular formula is C15H20. The van der Waals surface area contributed by atoms with Gasteiger partial charge >= 0.3 is 0 Å². The van der Waals surface area contributed by atoms with Crippen LogP contribution in [0.4, 0.5) is 0 Å². The van der Waals surface area contributed by atoms with Gasteiger partial charge in [0.1, 0.15) is 0 Å². The van der Waals surface area contributed by atoms with Gasteiger partial charge in [-0.15, -0.1) is 0 Å². The standard InChI is InChI=1S/C15H20/c1-4-8-13(2)11-12-14(3)15-9-6-5-7-10-15/h5-6,9,11-12H,2-4,7-8,10H2,1H3/b12-11-. The highest BCUT2D eigenvalue weighted by Gasteiger charge is 2.00. The van der Waals surface area contributed by atoms with Crippen molar-refractivity contribution in [1.82, 2.24) is 0 Å². The lowest BCUT2D eigenvalue weighted by Gasteiger charge is -2.08. The molecule has 0 unspecified atom stereocenters. The molecule has 0 nitrogen and oxygen atoms in total. The molecule has 0 heteroatoms. The van der Waals surface area contributed by atoms with Crippen molar-refractivity contribution < 1.29 is 0 Å². The van der Waals surface area contributed by atoms with Crippen molar-refractivity contribution >= 4 is 0 Å². The van der Waals surface area contributed by atoms with Crippen LogP contribution < -0.4 is 0 Å². The van der Waals surface area contributed by atoms with Crippen LogP contribution in [-0.4, -0.2) is 0 Å². The van der Waals surface area contributed by atoms with Gasteiger partial charge in [-0.25, -0.2) is 0 Å². The fourth-order valence-electron chi connectivity index (χ4n) is 1.60. The van der Waals surface area contributed by atoms with Gasteiger partial charge < -0.3 is 0 Å². The molecule has 0 fully saturated rings. The van der Waals surface area contributed by atoms with Crippen LogP contribution in [0.5, 0.6) is 0 Å². The summed E-state index contributed by atoms with van der Waals surface area (Å²) in [6.45, 7) is 10.2. The van der Waals surface area contributed by atoms with Crippen molar-refractivity contribution in [3.63, 3.8) is 0 Å². The van der Waals surface area contributed by atoms with Gasteiger partial charge in [0.05, 0.1) is 0 Å². The highest BCUT2D eigenvalue weighted by atomic mass is 14.1. The highest BCUT2D eigenvalue weighted by Crippen LogP contribution is 2.20. The monoisotopic (exact) mass is 200 g/mol.